The van der Waals surface area contributed by atoms with Gasteiger partial charge < -0.3 is 16.2 Å². The normalized spacial score (nSPS) is 14.7. The summed E-state index contributed by atoms with van der Waals surface area (Å²) in [5.74, 6) is -0.961. The van der Waals surface area contributed by atoms with E-state index in [1.54, 1.807) is 31.6 Å². The first-order valence-electron chi connectivity index (χ1n) is 4.22. The topological polar surface area (TPSA) is 88.2 Å². The Kier molecular flexibility index (Phi) is 3.55. The number of nitrogens with two attached hydrogens (primary N) is 1. The van der Waals surface area contributed by atoms with E-state index in [0.717, 1.165) is 5.56 Å². The Hall–Kier alpha value is -1.46. The van der Waals surface area contributed by atoms with Gasteiger partial charge in [0.15, 0.2) is 0 Å². The molecule has 5 nitrogen and oxygen atoms in total. The smallest absolute Gasteiger partial charge is 0.322 e. The van der Waals surface area contributed by atoms with E-state index < -0.39 is 18.1 Å². The molecule has 0 fully saturated rings. The zero-order valence-electron chi connectivity index (χ0n) is 7.84. The van der Waals surface area contributed by atoms with Crippen LogP contribution in [0.1, 0.15) is 11.6 Å². The Morgan fingerprint density at radius 3 is 2.57 bits per heavy atom. The fraction of sp³-hybridized carbons (Fsp3) is 0.333. The van der Waals surface area contributed by atoms with Crippen molar-refractivity contribution in [3.8, 4) is 0 Å². The van der Waals surface area contributed by atoms with Crippen LogP contribution < -0.4 is 11.1 Å². The van der Waals surface area contributed by atoms with Crippen molar-refractivity contribution < 1.29 is 9.90 Å². The van der Waals surface area contributed by atoms with Crippen LogP contribution >= 0.6 is 0 Å². The molecule has 14 heavy (non-hydrogen) atoms. The predicted molar refractivity (Wildman–Crippen MR) is 51.6 cm³/mol. The standard InChI is InChI=1S/C9H13N3O2/c1-11-8(9(13)14)7(10)6-2-4-12-5-3-6/h2-5,7-8,11H,10H2,1H3,(H,13,14). The van der Waals surface area contributed by atoms with Gasteiger partial charge in [-0.2, -0.15) is 0 Å². The van der Waals surface area contributed by atoms with Crippen molar-refractivity contribution in [2.24, 2.45) is 5.73 Å². The molecule has 5 heteroatoms. The number of carboxylic acid groups (broad SMARTS) is 1. The fourth-order valence-electron chi connectivity index (χ4n) is 1.23. The lowest BCUT2D eigenvalue weighted by Gasteiger charge is -2.19. The summed E-state index contributed by atoms with van der Waals surface area (Å²) in [6.45, 7) is 0. The van der Waals surface area contributed by atoms with Crippen molar-refractivity contribution in [3.05, 3.63) is 30.1 Å². The van der Waals surface area contributed by atoms with E-state index in [-0.39, 0.29) is 0 Å². The summed E-state index contributed by atoms with van der Waals surface area (Å²) >= 11 is 0. The average molecular weight is 195 g/mol. The third-order valence-corrected chi connectivity index (χ3v) is 2.03. The monoisotopic (exact) mass is 195 g/mol. The van der Waals surface area contributed by atoms with Gasteiger partial charge in [-0.05, 0) is 24.7 Å². The Morgan fingerprint density at radius 2 is 2.14 bits per heavy atom. The molecule has 4 N–H and O–H groups in total. The van der Waals surface area contributed by atoms with Crippen LogP contribution in [0.15, 0.2) is 24.5 Å². The number of aliphatic carboxylic acids is 1. The highest BCUT2D eigenvalue weighted by Gasteiger charge is 2.24. The average Bonchev–Trinajstić information content (AvgIpc) is 2.19. The van der Waals surface area contributed by atoms with Gasteiger partial charge in [-0.3, -0.25) is 9.78 Å². The van der Waals surface area contributed by atoms with Crippen LogP contribution in [0.25, 0.3) is 0 Å². The molecule has 1 aromatic heterocycles. The molecule has 0 bridgehead atoms. The molecule has 76 valence electrons. The zero-order chi connectivity index (χ0) is 10.6. The first-order chi connectivity index (χ1) is 6.66. The molecule has 1 aromatic rings. The first-order valence-corrected chi connectivity index (χ1v) is 4.22. The second kappa shape index (κ2) is 4.69. The number of carboxylic acids is 1. The summed E-state index contributed by atoms with van der Waals surface area (Å²) in [5, 5.41) is 11.5. The van der Waals surface area contributed by atoms with E-state index in [0.29, 0.717) is 0 Å². The van der Waals surface area contributed by atoms with Crippen LogP contribution in [0.5, 0.6) is 0 Å². The first kappa shape index (κ1) is 10.6. The van der Waals surface area contributed by atoms with Gasteiger partial charge in [0.1, 0.15) is 6.04 Å². The lowest BCUT2D eigenvalue weighted by Crippen LogP contribution is -2.43. The Labute approximate surface area is 82.0 Å². The van der Waals surface area contributed by atoms with Gasteiger partial charge >= 0.3 is 5.97 Å². The highest BCUT2D eigenvalue weighted by molar-refractivity contribution is 5.74. The molecule has 1 heterocycles. The Balaban J connectivity index is 2.83. The maximum atomic E-state index is 10.8. The van der Waals surface area contributed by atoms with Crippen molar-refractivity contribution in [3.63, 3.8) is 0 Å². The highest BCUT2D eigenvalue weighted by atomic mass is 16.4. The third kappa shape index (κ3) is 2.27. The Bertz CT molecular complexity index is 302. The summed E-state index contributed by atoms with van der Waals surface area (Å²) in [4.78, 5) is 14.6. The van der Waals surface area contributed by atoms with Crippen LogP contribution in [0, 0.1) is 0 Å². The van der Waals surface area contributed by atoms with E-state index in [2.05, 4.69) is 10.3 Å². The van der Waals surface area contributed by atoms with Crippen LogP contribution in [0.4, 0.5) is 0 Å². The van der Waals surface area contributed by atoms with Crippen LogP contribution in [-0.4, -0.2) is 29.1 Å². The number of carbonyl (C=O) groups is 1. The molecule has 0 aromatic carbocycles. The number of likely N-dealkylation sites (N-methyl/N-ethyl adjacent to an activating group) is 1. The molecule has 0 radical (unpaired) electrons. The number of aromatic nitrogens is 1. The van der Waals surface area contributed by atoms with Crippen LogP contribution in [0.3, 0.4) is 0 Å². The highest BCUT2D eigenvalue weighted by Crippen LogP contribution is 2.12. The van der Waals surface area contributed by atoms with Crippen molar-refractivity contribution in [2.45, 2.75) is 12.1 Å². The van der Waals surface area contributed by atoms with Gasteiger partial charge in [0.25, 0.3) is 0 Å². The van der Waals surface area contributed by atoms with Crippen LogP contribution in [-0.2, 0) is 4.79 Å². The second-order valence-corrected chi connectivity index (χ2v) is 2.91. The lowest BCUT2D eigenvalue weighted by atomic mass is 10.0. The minimum Gasteiger partial charge on any atom is -0.480 e. The molecular weight excluding hydrogens is 182 g/mol. The fourth-order valence-corrected chi connectivity index (χ4v) is 1.23. The van der Waals surface area contributed by atoms with Crippen molar-refractivity contribution in [1.82, 2.24) is 10.3 Å². The van der Waals surface area contributed by atoms with E-state index in [9.17, 15) is 4.79 Å². The molecule has 0 spiro atoms. The molecule has 0 aliphatic carbocycles. The predicted octanol–water partition coefficient (Wildman–Crippen LogP) is -0.246. The minimum atomic E-state index is -0.961. The summed E-state index contributed by atoms with van der Waals surface area (Å²) < 4.78 is 0. The molecule has 2 unspecified atom stereocenters. The van der Waals surface area contributed by atoms with Gasteiger partial charge in [0, 0.05) is 12.4 Å². The van der Waals surface area contributed by atoms with Gasteiger partial charge in [0.2, 0.25) is 0 Å². The third-order valence-electron chi connectivity index (χ3n) is 2.03. The molecule has 0 aliphatic heterocycles. The lowest BCUT2D eigenvalue weighted by molar-refractivity contribution is -0.139. The number of rotatable bonds is 4. The SMILES string of the molecule is CNC(C(=O)O)C(N)c1ccncc1. The molecule has 2 atom stereocenters. The van der Waals surface area contributed by atoms with Gasteiger partial charge in [0.05, 0.1) is 6.04 Å². The second-order valence-electron chi connectivity index (χ2n) is 2.91. The molecule has 0 amide bonds. The number of nitrogens with one attached hydrogen (secondary N) is 1. The molecule has 0 aliphatic rings. The number of hydrogen-bond acceptors (Lipinski definition) is 4. The maximum absolute atomic E-state index is 10.8. The molecule has 1 rings (SSSR count). The summed E-state index contributed by atoms with van der Waals surface area (Å²) in [7, 11) is 1.57. The summed E-state index contributed by atoms with van der Waals surface area (Å²) in [6, 6.07) is 2.06. The van der Waals surface area contributed by atoms with E-state index >= 15 is 0 Å². The number of hydrogen-bond donors (Lipinski definition) is 3. The Morgan fingerprint density at radius 1 is 1.57 bits per heavy atom. The quantitative estimate of drug-likeness (QED) is 0.616. The van der Waals surface area contributed by atoms with Crippen molar-refractivity contribution >= 4 is 5.97 Å². The van der Waals surface area contributed by atoms with Crippen LogP contribution in [0.2, 0.25) is 0 Å². The largest absolute Gasteiger partial charge is 0.480 e. The van der Waals surface area contributed by atoms with E-state index in [1.165, 1.54) is 0 Å². The molecular formula is C9H13N3O2. The van der Waals surface area contributed by atoms with Gasteiger partial charge in [-0.1, -0.05) is 0 Å². The zero-order valence-corrected chi connectivity index (χ0v) is 7.84. The van der Waals surface area contributed by atoms with Gasteiger partial charge in [-0.25, -0.2) is 0 Å². The van der Waals surface area contributed by atoms with Crippen molar-refractivity contribution in [2.75, 3.05) is 7.05 Å². The molecule has 0 saturated carbocycles. The summed E-state index contributed by atoms with van der Waals surface area (Å²) in [6.07, 6.45) is 3.17. The van der Waals surface area contributed by atoms with E-state index in [1.807, 2.05) is 0 Å². The number of nitrogens with zero attached hydrogens (tertiary/aromatic N) is 1. The van der Waals surface area contributed by atoms with Gasteiger partial charge in [-0.15, -0.1) is 0 Å². The van der Waals surface area contributed by atoms with E-state index in [4.69, 9.17) is 10.8 Å². The maximum Gasteiger partial charge on any atom is 0.322 e. The number of pyridine rings is 1. The molecule has 0 saturated heterocycles. The van der Waals surface area contributed by atoms with Crippen molar-refractivity contribution in [1.29, 1.82) is 0 Å². The summed E-state index contributed by atoms with van der Waals surface area (Å²) in [5.41, 5.74) is 6.53. The minimum absolute atomic E-state index is 0.569.